The van der Waals surface area contributed by atoms with Crippen molar-refractivity contribution >= 4 is 11.6 Å². The third-order valence-corrected chi connectivity index (χ3v) is 5.03. The summed E-state index contributed by atoms with van der Waals surface area (Å²) < 4.78 is 0. The highest BCUT2D eigenvalue weighted by Gasteiger charge is 2.36. The molecule has 0 radical (unpaired) electrons. The lowest BCUT2D eigenvalue weighted by atomic mass is 9.65. The summed E-state index contributed by atoms with van der Waals surface area (Å²) in [5.41, 5.74) is 1.79. The normalized spacial score (nSPS) is 24.1. The van der Waals surface area contributed by atoms with E-state index in [-0.39, 0.29) is 0 Å². The van der Waals surface area contributed by atoms with Crippen molar-refractivity contribution in [3.8, 4) is 0 Å². The molecule has 1 aliphatic rings. The van der Waals surface area contributed by atoms with E-state index in [1.54, 1.807) is 0 Å². The van der Waals surface area contributed by atoms with Gasteiger partial charge in [0.25, 0.3) is 0 Å². The van der Waals surface area contributed by atoms with E-state index >= 15 is 0 Å². The lowest BCUT2D eigenvalue weighted by Crippen LogP contribution is -2.44. The van der Waals surface area contributed by atoms with Gasteiger partial charge in [-0.3, -0.25) is 0 Å². The first-order valence-electron chi connectivity index (χ1n) is 7.44. The van der Waals surface area contributed by atoms with Crippen LogP contribution in [0, 0.1) is 11.3 Å². The molecule has 2 unspecified atom stereocenters. The maximum Gasteiger partial charge on any atom is 0.0408 e. The van der Waals surface area contributed by atoms with Crippen LogP contribution in [0.15, 0.2) is 24.3 Å². The van der Waals surface area contributed by atoms with E-state index in [0.29, 0.717) is 11.5 Å². The SMILES string of the molecule is CNC(Cc1cccc(Cl)c1)C1CCCCC1(C)C. The third-order valence-electron chi connectivity index (χ3n) is 4.79. The van der Waals surface area contributed by atoms with E-state index < -0.39 is 0 Å². The molecule has 1 aromatic carbocycles. The summed E-state index contributed by atoms with van der Waals surface area (Å²) in [7, 11) is 2.10. The first kappa shape index (κ1) is 14.9. The van der Waals surface area contributed by atoms with Gasteiger partial charge in [-0.15, -0.1) is 0 Å². The van der Waals surface area contributed by atoms with Crippen molar-refractivity contribution in [2.75, 3.05) is 7.05 Å². The van der Waals surface area contributed by atoms with Crippen LogP contribution in [0.3, 0.4) is 0 Å². The summed E-state index contributed by atoms with van der Waals surface area (Å²) in [6.07, 6.45) is 6.54. The maximum absolute atomic E-state index is 6.09. The molecular formula is C17H26ClN. The third kappa shape index (κ3) is 3.73. The van der Waals surface area contributed by atoms with Crippen LogP contribution < -0.4 is 5.32 Å². The van der Waals surface area contributed by atoms with Crippen LogP contribution in [-0.4, -0.2) is 13.1 Å². The van der Waals surface area contributed by atoms with Gasteiger partial charge in [0.05, 0.1) is 0 Å². The number of nitrogens with one attached hydrogen (secondary N) is 1. The summed E-state index contributed by atoms with van der Waals surface area (Å²) >= 11 is 6.09. The molecule has 2 atom stereocenters. The van der Waals surface area contributed by atoms with Crippen molar-refractivity contribution in [1.29, 1.82) is 0 Å². The molecule has 1 aromatic rings. The summed E-state index contributed by atoms with van der Waals surface area (Å²) in [6.45, 7) is 4.86. The highest BCUT2D eigenvalue weighted by atomic mass is 35.5. The van der Waals surface area contributed by atoms with E-state index in [1.165, 1.54) is 31.2 Å². The van der Waals surface area contributed by atoms with Crippen LogP contribution in [0.25, 0.3) is 0 Å². The van der Waals surface area contributed by atoms with E-state index in [1.807, 2.05) is 6.07 Å². The molecule has 2 heteroatoms. The molecule has 1 nitrogen and oxygen atoms in total. The van der Waals surface area contributed by atoms with Crippen molar-refractivity contribution in [3.05, 3.63) is 34.9 Å². The smallest absolute Gasteiger partial charge is 0.0408 e. The second-order valence-electron chi connectivity index (χ2n) is 6.57. The molecule has 106 valence electrons. The lowest BCUT2D eigenvalue weighted by molar-refractivity contribution is 0.101. The fourth-order valence-electron chi connectivity index (χ4n) is 3.63. The van der Waals surface area contributed by atoms with E-state index in [2.05, 4.69) is 44.4 Å². The van der Waals surface area contributed by atoms with E-state index in [9.17, 15) is 0 Å². The fraction of sp³-hybridized carbons (Fsp3) is 0.647. The molecule has 0 saturated heterocycles. The minimum atomic E-state index is 0.449. The van der Waals surface area contributed by atoms with Gasteiger partial charge >= 0.3 is 0 Å². The van der Waals surface area contributed by atoms with Gasteiger partial charge in [-0.25, -0.2) is 0 Å². The van der Waals surface area contributed by atoms with Crippen molar-refractivity contribution in [3.63, 3.8) is 0 Å². The predicted molar refractivity (Wildman–Crippen MR) is 83.7 cm³/mol. The lowest BCUT2D eigenvalue weighted by Gasteiger charge is -2.43. The second kappa shape index (κ2) is 6.28. The van der Waals surface area contributed by atoms with E-state index in [0.717, 1.165) is 17.4 Å². The molecule has 19 heavy (non-hydrogen) atoms. The first-order chi connectivity index (χ1) is 9.03. The molecule has 1 N–H and O–H groups in total. The Bertz CT molecular complexity index is 413. The van der Waals surface area contributed by atoms with Crippen molar-refractivity contribution in [2.45, 2.75) is 52.0 Å². The molecular weight excluding hydrogens is 254 g/mol. The minimum absolute atomic E-state index is 0.449. The predicted octanol–water partition coefficient (Wildman–Crippen LogP) is 4.69. The monoisotopic (exact) mass is 279 g/mol. The number of halogens is 1. The molecule has 0 bridgehead atoms. The quantitative estimate of drug-likeness (QED) is 0.843. The molecule has 0 heterocycles. The zero-order chi connectivity index (χ0) is 13.9. The van der Waals surface area contributed by atoms with Gasteiger partial charge in [-0.2, -0.15) is 0 Å². The molecule has 0 aromatic heterocycles. The Morgan fingerprint density at radius 1 is 1.37 bits per heavy atom. The Labute approximate surface area is 122 Å². The standard InChI is InChI=1S/C17H26ClN/c1-17(2)10-5-4-9-15(17)16(19-3)12-13-7-6-8-14(18)11-13/h6-8,11,15-16,19H,4-5,9-10,12H2,1-3H3. The largest absolute Gasteiger partial charge is 0.316 e. The van der Waals surface area contributed by atoms with Gasteiger partial charge in [-0.05, 0) is 55.3 Å². The van der Waals surface area contributed by atoms with Gasteiger partial charge < -0.3 is 5.32 Å². The highest BCUT2D eigenvalue weighted by Crippen LogP contribution is 2.42. The van der Waals surface area contributed by atoms with Gasteiger partial charge in [0.1, 0.15) is 0 Å². The fourth-order valence-corrected chi connectivity index (χ4v) is 3.84. The highest BCUT2D eigenvalue weighted by molar-refractivity contribution is 6.30. The molecule has 0 aliphatic heterocycles. The Balaban J connectivity index is 2.11. The number of hydrogen-bond donors (Lipinski definition) is 1. The van der Waals surface area contributed by atoms with Crippen molar-refractivity contribution in [2.24, 2.45) is 11.3 Å². The molecule has 1 saturated carbocycles. The molecule has 0 spiro atoms. The van der Waals surface area contributed by atoms with Crippen LogP contribution in [0.2, 0.25) is 5.02 Å². The molecule has 1 fully saturated rings. The minimum Gasteiger partial charge on any atom is -0.316 e. The number of rotatable bonds is 4. The Morgan fingerprint density at radius 2 is 2.16 bits per heavy atom. The van der Waals surface area contributed by atoms with Crippen LogP contribution in [-0.2, 0) is 6.42 Å². The second-order valence-corrected chi connectivity index (χ2v) is 7.01. The molecule has 1 aliphatic carbocycles. The summed E-state index contributed by atoms with van der Waals surface area (Å²) in [6, 6.07) is 8.84. The number of hydrogen-bond acceptors (Lipinski definition) is 1. The number of likely N-dealkylation sites (N-methyl/N-ethyl adjacent to an activating group) is 1. The summed E-state index contributed by atoms with van der Waals surface area (Å²) in [4.78, 5) is 0. The zero-order valence-corrected chi connectivity index (χ0v) is 13.1. The first-order valence-corrected chi connectivity index (χ1v) is 7.82. The van der Waals surface area contributed by atoms with Gasteiger partial charge in [0, 0.05) is 11.1 Å². The van der Waals surface area contributed by atoms with E-state index in [4.69, 9.17) is 11.6 Å². The van der Waals surface area contributed by atoms with Crippen molar-refractivity contribution in [1.82, 2.24) is 5.32 Å². The van der Waals surface area contributed by atoms with Crippen LogP contribution in [0.5, 0.6) is 0 Å². The Hall–Kier alpha value is -0.530. The average molecular weight is 280 g/mol. The molecule has 2 rings (SSSR count). The van der Waals surface area contributed by atoms with Gasteiger partial charge in [0.2, 0.25) is 0 Å². The number of benzene rings is 1. The van der Waals surface area contributed by atoms with Gasteiger partial charge in [-0.1, -0.05) is 50.4 Å². The van der Waals surface area contributed by atoms with Crippen LogP contribution >= 0.6 is 11.6 Å². The summed E-state index contributed by atoms with van der Waals surface area (Å²) in [5, 5.41) is 4.40. The average Bonchev–Trinajstić information content (AvgIpc) is 2.36. The van der Waals surface area contributed by atoms with Crippen LogP contribution in [0.1, 0.15) is 45.1 Å². The summed E-state index contributed by atoms with van der Waals surface area (Å²) in [5.74, 6) is 0.755. The van der Waals surface area contributed by atoms with Crippen LogP contribution in [0.4, 0.5) is 0 Å². The van der Waals surface area contributed by atoms with Gasteiger partial charge in [0.15, 0.2) is 0 Å². The Kier molecular flexibility index (Phi) is 4.92. The Morgan fingerprint density at radius 3 is 2.79 bits per heavy atom. The topological polar surface area (TPSA) is 12.0 Å². The zero-order valence-electron chi connectivity index (χ0n) is 12.4. The molecule has 0 amide bonds. The van der Waals surface area contributed by atoms with Crippen molar-refractivity contribution < 1.29 is 0 Å². The maximum atomic E-state index is 6.09.